The molecule has 1 aromatic heterocycles. The molecule has 4 nitrogen and oxygen atoms in total. The lowest BCUT2D eigenvalue weighted by Crippen LogP contribution is -2.26. The molecule has 1 aliphatic carbocycles. The average molecular weight is 299 g/mol. The van der Waals surface area contributed by atoms with E-state index in [9.17, 15) is 9.18 Å². The fourth-order valence-corrected chi connectivity index (χ4v) is 2.42. The van der Waals surface area contributed by atoms with Gasteiger partial charge in [-0.25, -0.2) is 9.37 Å². The number of nitrogens with zero attached hydrogens (tertiary/aromatic N) is 2. The molecule has 0 aliphatic heterocycles. The monoisotopic (exact) mass is 299 g/mol. The van der Waals surface area contributed by atoms with Gasteiger partial charge in [-0.1, -0.05) is 0 Å². The van der Waals surface area contributed by atoms with Gasteiger partial charge in [0, 0.05) is 24.5 Å². The predicted molar refractivity (Wildman–Crippen MR) is 84.6 cm³/mol. The highest BCUT2D eigenvalue weighted by atomic mass is 19.1. The van der Waals surface area contributed by atoms with Crippen LogP contribution in [0.3, 0.4) is 0 Å². The number of pyridine rings is 1. The van der Waals surface area contributed by atoms with Crippen LogP contribution in [0.25, 0.3) is 0 Å². The summed E-state index contributed by atoms with van der Waals surface area (Å²) in [7, 11) is 0. The quantitative estimate of drug-likeness (QED) is 0.919. The van der Waals surface area contributed by atoms with Crippen molar-refractivity contribution in [2.75, 3.05) is 16.8 Å². The van der Waals surface area contributed by atoms with Crippen molar-refractivity contribution >= 4 is 17.4 Å². The molecule has 0 atom stereocenters. The number of carbonyl (C=O) groups is 1. The van der Waals surface area contributed by atoms with E-state index in [2.05, 4.69) is 22.1 Å². The summed E-state index contributed by atoms with van der Waals surface area (Å²) >= 11 is 0. The maximum absolute atomic E-state index is 12.8. The van der Waals surface area contributed by atoms with Gasteiger partial charge in [-0.3, -0.25) is 4.79 Å². The molecule has 22 heavy (non-hydrogen) atoms. The summed E-state index contributed by atoms with van der Waals surface area (Å²) in [5, 5.41) is 2.72. The Bertz CT molecular complexity index is 651. The van der Waals surface area contributed by atoms with Crippen LogP contribution in [0.2, 0.25) is 0 Å². The largest absolute Gasteiger partial charge is 0.354 e. The topological polar surface area (TPSA) is 45.2 Å². The molecular weight excluding hydrogens is 281 g/mol. The molecule has 2 aromatic rings. The van der Waals surface area contributed by atoms with Gasteiger partial charge in [-0.15, -0.1) is 0 Å². The molecule has 0 unspecified atom stereocenters. The van der Waals surface area contributed by atoms with E-state index in [4.69, 9.17) is 0 Å². The lowest BCUT2D eigenvalue weighted by molar-refractivity contribution is 0.102. The Kier molecular flexibility index (Phi) is 4.04. The molecule has 1 aromatic carbocycles. The second kappa shape index (κ2) is 6.13. The maximum atomic E-state index is 12.8. The van der Waals surface area contributed by atoms with Gasteiger partial charge in [0.1, 0.15) is 11.6 Å². The number of hydrogen-bond acceptors (Lipinski definition) is 3. The molecule has 1 heterocycles. The van der Waals surface area contributed by atoms with E-state index in [1.54, 1.807) is 12.3 Å². The van der Waals surface area contributed by atoms with E-state index in [0.29, 0.717) is 17.3 Å². The van der Waals surface area contributed by atoms with Crippen molar-refractivity contribution in [3.05, 3.63) is 54.0 Å². The van der Waals surface area contributed by atoms with Crippen LogP contribution in [0.4, 0.5) is 15.9 Å². The Morgan fingerprint density at radius 3 is 2.55 bits per heavy atom. The summed E-state index contributed by atoms with van der Waals surface area (Å²) in [6.07, 6.45) is 4.00. The Hall–Kier alpha value is -2.43. The molecule has 0 bridgehead atoms. The lowest BCUT2D eigenvalue weighted by atomic mass is 10.2. The molecule has 0 radical (unpaired) electrons. The SMILES string of the molecule is CCN(c1ccc(C(=O)Nc2ccc(F)cc2)cn1)C1CC1. The summed E-state index contributed by atoms with van der Waals surface area (Å²) in [5.74, 6) is 0.326. The van der Waals surface area contributed by atoms with E-state index < -0.39 is 0 Å². The minimum Gasteiger partial charge on any atom is -0.354 e. The van der Waals surface area contributed by atoms with E-state index in [1.807, 2.05) is 6.07 Å². The number of hydrogen-bond donors (Lipinski definition) is 1. The fourth-order valence-electron chi connectivity index (χ4n) is 2.42. The highest BCUT2D eigenvalue weighted by molar-refractivity contribution is 6.04. The first-order valence-electron chi connectivity index (χ1n) is 7.47. The molecule has 114 valence electrons. The van der Waals surface area contributed by atoms with Crippen LogP contribution < -0.4 is 10.2 Å². The minimum absolute atomic E-state index is 0.250. The number of amides is 1. The van der Waals surface area contributed by atoms with Crippen molar-refractivity contribution in [2.45, 2.75) is 25.8 Å². The van der Waals surface area contributed by atoms with Crippen LogP contribution in [-0.4, -0.2) is 23.5 Å². The van der Waals surface area contributed by atoms with Crippen molar-refractivity contribution in [1.82, 2.24) is 4.98 Å². The zero-order chi connectivity index (χ0) is 15.5. The average Bonchev–Trinajstić information content (AvgIpc) is 3.36. The summed E-state index contributed by atoms with van der Waals surface area (Å²) in [4.78, 5) is 18.8. The number of benzene rings is 1. The van der Waals surface area contributed by atoms with Crippen LogP contribution in [0, 0.1) is 5.82 Å². The van der Waals surface area contributed by atoms with Crippen LogP contribution in [0.15, 0.2) is 42.6 Å². The molecule has 3 rings (SSSR count). The van der Waals surface area contributed by atoms with Crippen molar-refractivity contribution in [3.8, 4) is 0 Å². The third-order valence-corrected chi connectivity index (χ3v) is 3.73. The highest BCUT2D eigenvalue weighted by Crippen LogP contribution is 2.30. The molecule has 0 saturated heterocycles. The second-order valence-corrected chi connectivity index (χ2v) is 5.38. The number of halogens is 1. The number of nitrogens with one attached hydrogen (secondary N) is 1. The molecule has 1 saturated carbocycles. The minimum atomic E-state index is -0.330. The molecular formula is C17H18FN3O. The van der Waals surface area contributed by atoms with Gasteiger partial charge in [0.2, 0.25) is 0 Å². The highest BCUT2D eigenvalue weighted by Gasteiger charge is 2.28. The Balaban J connectivity index is 1.69. The van der Waals surface area contributed by atoms with Crippen molar-refractivity contribution < 1.29 is 9.18 Å². The van der Waals surface area contributed by atoms with E-state index in [-0.39, 0.29) is 11.7 Å². The molecule has 1 aliphatic rings. The standard InChI is InChI=1S/C17H18FN3O/c1-2-21(15-8-9-15)16-10-3-12(11-19-16)17(22)20-14-6-4-13(18)5-7-14/h3-7,10-11,15H,2,8-9H2,1H3,(H,20,22). The molecule has 0 spiro atoms. The molecule has 1 fully saturated rings. The van der Waals surface area contributed by atoms with Gasteiger partial charge < -0.3 is 10.2 Å². The normalized spacial score (nSPS) is 13.7. The van der Waals surface area contributed by atoms with Gasteiger partial charge in [0.25, 0.3) is 5.91 Å². The third-order valence-electron chi connectivity index (χ3n) is 3.73. The van der Waals surface area contributed by atoms with Gasteiger partial charge >= 0.3 is 0 Å². The van der Waals surface area contributed by atoms with Crippen LogP contribution in [0.5, 0.6) is 0 Å². The van der Waals surface area contributed by atoms with E-state index in [0.717, 1.165) is 12.4 Å². The molecule has 1 amide bonds. The zero-order valence-corrected chi connectivity index (χ0v) is 12.4. The zero-order valence-electron chi connectivity index (χ0n) is 12.4. The first-order chi connectivity index (χ1) is 10.7. The predicted octanol–water partition coefficient (Wildman–Crippen LogP) is 3.46. The van der Waals surface area contributed by atoms with E-state index >= 15 is 0 Å². The number of anilines is 2. The summed E-state index contributed by atoms with van der Waals surface area (Å²) in [6.45, 7) is 3.02. The van der Waals surface area contributed by atoms with Crippen molar-refractivity contribution in [1.29, 1.82) is 0 Å². The fraction of sp³-hybridized carbons (Fsp3) is 0.294. The number of aromatic nitrogens is 1. The number of carbonyl (C=O) groups excluding carboxylic acids is 1. The van der Waals surface area contributed by atoms with Crippen molar-refractivity contribution in [3.63, 3.8) is 0 Å². The van der Waals surface area contributed by atoms with E-state index in [1.165, 1.54) is 37.1 Å². The Labute approximate surface area is 129 Å². The molecule has 1 N–H and O–H groups in total. The number of rotatable bonds is 5. The third kappa shape index (κ3) is 3.24. The van der Waals surface area contributed by atoms with Crippen LogP contribution >= 0.6 is 0 Å². The summed E-state index contributed by atoms with van der Waals surface area (Å²) < 4.78 is 12.8. The smallest absolute Gasteiger partial charge is 0.257 e. The van der Waals surface area contributed by atoms with Crippen LogP contribution in [-0.2, 0) is 0 Å². The second-order valence-electron chi connectivity index (χ2n) is 5.38. The Morgan fingerprint density at radius 2 is 2.00 bits per heavy atom. The van der Waals surface area contributed by atoms with Gasteiger partial charge in [0.05, 0.1) is 5.56 Å². The molecule has 5 heteroatoms. The maximum Gasteiger partial charge on any atom is 0.257 e. The first kappa shape index (κ1) is 14.5. The Morgan fingerprint density at radius 1 is 1.27 bits per heavy atom. The van der Waals surface area contributed by atoms with Crippen molar-refractivity contribution in [2.24, 2.45) is 0 Å². The first-order valence-corrected chi connectivity index (χ1v) is 7.47. The summed E-state index contributed by atoms with van der Waals surface area (Å²) in [5.41, 5.74) is 1.04. The summed E-state index contributed by atoms with van der Waals surface area (Å²) in [6, 6.07) is 9.92. The van der Waals surface area contributed by atoms with Crippen LogP contribution in [0.1, 0.15) is 30.1 Å². The van der Waals surface area contributed by atoms with Gasteiger partial charge in [0.15, 0.2) is 0 Å². The lowest BCUT2D eigenvalue weighted by Gasteiger charge is -2.21. The van der Waals surface area contributed by atoms with Gasteiger partial charge in [-0.05, 0) is 56.2 Å². The van der Waals surface area contributed by atoms with Gasteiger partial charge in [-0.2, -0.15) is 0 Å².